The second kappa shape index (κ2) is 16.8. The van der Waals surface area contributed by atoms with Crippen molar-refractivity contribution in [2.45, 2.75) is 111 Å². The molecule has 0 bridgehead atoms. The van der Waals surface area contributed by atoms with Gasteiger partial charge in [-0.15, -0.1) is 0 Å². The zero-order valence-electron chi connectivity index (χ0n) is 20.2. The molecule has 0 spiro atoms. The van der Waals surface area contributed by atoms with Crippen LogP contribution in [0.25, 0.3) is 0 Å². The van der Waals surface area contributed by atoms with Crippen LogP contribution in [0.1, 0.15) is 85.5 Å². The Kier molecular flexibility index (Phi) is 18.2. The lowest BCUT2D eigenvalue weighted by Gasteiger charge is -2.39. The Hall–Kier alpha value is 0.0869. The van der Waals surface area contributed by atoms with E-state index in [1.807, 2.05) is 0 Å². The summed E-state index contributed by atoms with van der Waals surface area (Å²) in [7, 11) is -4.86. The van der Waals surface area contributed by atoms with Crippen LogP contribution < -0.4 is 0 Å². The van der Waals surface area contributed by atoms with Crippen LogP contribution in [-0.4, -0.2) is 57.5 Å². The number of hydrogen-bond acceptors (Lipinski definition) is 2. The lowest BCUT2D eigenvalue weighted by molar-refractivity contribution is -0.929. The monoisotopic (exact) mass is 438 g/mol. The summed E-state index contributed by atoms with van der Waals surface area (Å²) >= 11 is 0. The maximum Gasteiger partial charge on any atom is 0.264 e. The van der Waals surface area contributed by atoms with E-state index in [2.05, 4.69) is 47.3 Å². The van der Waals surface area contributed by atoms with Crippen LogP contribution in [-0.2, 0) is 10.1 Å². The standard InChI is InChI=1S/C16H36N.C6H16O3SSi/c1-5-9-13-17(14-10-6-2,15-11-7-3)16-12-8-4;1-11(2,3)6-4-5-10(7,8)9/h5-16H2,1-4H3;4-6H2,1-3H3,(H,7,8,9)/q+1;. The molecule has 0 amide bonds. The van der Waals surface area contributed by atoms with Gasteiger partial charge in [-0.3, -0.25) is 4.55 Å². The summed E-state index contributed by atoms with van der Waals surface area (Å²) in [5, 5.41) is 0. The molecule has 0 aliphatic heterocycles. The van der Waals surface area contributed by atoms with Crippen molar-refractivity contribution >= 4 is 18.2 Å². The van der Waals surface area contributed by atoms with Crippen molar-refractivity contribution in [3.05, 3.63) is 0 Å². The lowest BCUT2D eigenvalue weighted by atomic mass is 10.1. The second-order valence-electron chi connectivity index (χ2n) is 9.60. The average molecular weight is 439 g/mol. The maximum absolute atomic E-state index is 10.3. The molecule has 0 saturated heterocycles. The predicted octanol–water partition coefficient (Wildman–Crippen LogP) is 6.61. The van der Waals surface area contributed by atoms with Gasteiger partial charge < -0.3 is 4.48 Å². The predicted molar refractivity (Wildman–Crippen MR) is 129 cm³/mol. The van der Waals surface area contributed by atoms with Crippen molar-refractivity contribution in [1.29, 1.82) is 0 Å². The molecule has 0 fully saturated rings. The Morgan fingerprint density at radius 1 is 0.679 bits per heavy atom. The Morgan fingerprint density at radius 3 is 1.21 bits per heavy atom. The van der Waals surface area contributed by atoms with Crippen molar-refractivity contribution in [3.8, 4) is 0 Å². The average Bonchev–Trinajstić information content (AvgIpc) is 2.59. The van der Waals surface area contributed by atoms with E-state index in [-0.39, 0.29) is 5.75 Å². The lowest BCUT2D eigenvalue weighted by Crippen LogP contribution is -2.50. The third-order valence-corrected chi connectivity index (χ3v) is 7.93. The molecule has 0 aromatic rings. The van der Waals surface area contributed by atoms with Gasteiger partial charge in [0.05, 0.1) is 31.9 Å². The van der Waals surface area contributed by atoms with Gasteiger partial charge in [0.25, 0.3) is 10.1 Å². The second-order valence-corrected chi connectivity index (χ2v) is 16.8. The number of unbranched alkanes of at least 4 members (excludes halogenated alkanes) is 4. The molecule has 0 aromatic heterocycles. The number of hydrogen-bond donors (Lipinski definition) is 1. The minimum absolute atomic E-state index is 0.0860. The fourth-order valence-corrected chi connectivity index (χ4v) is 5.43. The summed E-state index contributed by atoms with van der Waals surface area (Å²) in [6.07, 6.45) is 11.7. The van der Waals surface area contributed by atoms with E-state index in [0.717, 1.165) is 6.04 Å². The molecule has 0 heterocycles. The molecule has 0 aliphatic rings. The van der Waals surface area contributed by atoms with E-state index in [0.29, 0.717) is 6.42 Å². The molecule has 0 rings (SSSR count). The van der Waals surface area contributed by atoms with Gasteiger partial charge in [0.2, 0.25) is 0 Å². The normalized spacial score (nSPS) is 12.6. The molecule has 0 aromatic carbocycles. The molecule has 0 saturated carbocycles. The van der Waals surface area contributed by atoms with Crippen molar-refractivity contribution in [1.82, 2.24) is 0 Å². The highest BCUT2D eigenvalue weighted by molar-refractivity contribution is 7.85. The maximum atomic E-state index is 10.3. The number of quaternary nitrogens is 1. The van der Waals surface area contributed by atoms with Gasteiger partial charge in [-0.25, -0.2) is 0 Å². The van der Waals surface area contributed by atoms with E-state index in [1.54, 1.807) is 0 Å². The first-order valence-corrected chi connectivity index (χ1v) is 17.1. The number of rotatable bonds is 16. The molecule has 0 atom stereocenters. The topological polar surface area (TPSA) is 54.4 Å². The first kappa shape index (κ1) is 30.3. The third kappa shape index (κ3) is 20.8. The third-order valence-electron chi connectivity index (χ3n) is 5.27. The van der Waals surface area contributed by atoms with Crippen LogP contribution in [0.4, 0.5) is 0 Å². The smallest absolute Gasteiger partial charge is 0.264 e. The SMILES string of the molecule is CCCC[N+](CCCC)(CCCC)CCCC.C[Si](C)(C)CCCS(=O)(=O)O. The summed E-state index contributed by atoms with van der Waals surface area (Å²) in [6, 6.07) is 0.951. The van der Waals surface area contributed by atoms with E-state index < -0.39 is 18.2 Å². The molecule has 28 heavy (non-hydrogen) atoms. The summed E-state index contributed by atoms with van der Waals surface area (Å²) in [6.45, 7) is 21.6. The van der Waals surface area contributed by atoms with Crippen molar-refractivity contribution in [2.75, 3.05) is 31.9 Å². The van der Waals surface area contributed by atoms with Crippen molar-refractivity contribution < 1.29 is 17.5 Å². The van der Waals surface area contributed by atoms with Gasteiger partial charge in [0.1, 0.15) is 0 Å². The Morgan fingerprint density at radius 2 is 1.00 bits per heavy atom. The van der Waals surface area contributed by atoms with E-state index >= 15 is 0 Å². The quantitative estimate of drug-likeness (QED) is 0.168. The van der Waals surface area contributed by atoms with E-state index in [1.165, 1.54) is 82.0 Å². The number of nitrogens with zero attached hydrogens (tertiary/aromatic N) is 1. The van der Waals surface area contributed by atoms with Crippen LogP contribution in [0.15, 0.2) is 0 Å². The summed E-state index contributed by atoms with van der Waals surface area (Å²) < 4.78 is 30.4. The molecule has 1 N–H and O–H groups in total. The largest absolute Gasteiger partial charge is 0.324 e. The highest BCUT2D eigenvalue weighted by atomic mass is 32.2. The first-order valence-electron chi connectivity index (χ1n) is 11.8. The molecule has 6 heteroatoms. The zero-order valence-corrected chi connectivity index (χ0v) is 22.0. The zero-order chi connectivity index (χ0) is 22.1. The van der Waals surface area contributed by atoms with E-state index in [4.69, 9.17) is 4.55 Å². The van der Waals surface area contributed by atoms with Gasteiger partial charge in [0.15, 0.2) is 0 Å². The summed E-state index contributed by atoms with van der Waals surface area (Å²) in [4.78, 5) is 0. The van der Waals surface area contributed by atoms with Gasteiger partial charge in [-0.1, -0.05) is 79.1 Å². The summed E-state index contributed by atoms with van der Waals surface area (Å²) in [5.41, 5.74) is 0. The Balaban J connectivity index is 0. The van der Waals surface area contributed by atoms with Crippen molar-refractivity contribution in [3.63, 3.8) is 0 Å². The van der Waals surface area contributed by atoms with Crippen molar-refractivity contribution in [2.24, 2.45) is 0 Å². The van der Waals surface area contributed by atoms with Crippen LogP contribution >= 0.6 is 0 Å². The fraction of sp³-hybridized carbons (Fsp3) is 1.00. The van der Waals surface area contributed by atoms with Crippen LogP contribution in [0.3, 0.4) is 0 Å². The Bertz CT molecular complexity index is 410. The molecule has 4 nitrogen and oxygen atoms in total. The molecule has 0 radical (unpaired) electrons. The molecule has 172 valence electrons. The van der Waals surface area contributed by atoms with Gasteiger partial charge in [-0.2, -0.15) is 8.42 Å². The summed E-state index contributed by atoms with van der Waals surface area (Å²) in [5.74, 6) is -0.0860. The minimum atomic E-state index is -3.72. The van der Waals surface area contributed by atoms with Crippen LogP contribution in [0.5, 0.6) is 0 Å². The van der Waals surface area contributed by atoms with Gasteiger partial charge in [0, 0.05) is 8.07 Å². The highest BCUT2D eigenvalue weighted by Gasteiger charge is 2.24. The Labute approximate surface area is 178 Å². The van der Waals surface area contributed by atoms with Gasteiger partial charge in [-0.05, 0) is 32.1 Å². The van der Waals surface area contributed by atoms with Gasteiger partial charge >= 0.3 is 0 Å². The molecule has 0 aliphatic carbocycles. The first-order chi connectivity index (χ1) is 12.9. The van der Waals surface area contributed by atoms with Crippen LogP contribution in [0, 0.1) is 0 Å². The minimum Gasteiger partial charge on any atom is -0.324 e. The highest BCUT2D eigenvalue weighted by Crippen LogP contribution is 2.16. The fourth-order valence-electron chi connectivity index (χ4n) is 3.43. The molecule has 0 unspecified atom stereocenters. The molecular weight excluding hydrogens is 386 g/mol. The van der Waals surface area contributed by atoms with Crippen LogP contribution in [0.2, 0.25) is 25.7 Å². The van der Waals surface area contributed by atoms with E-state index in [9.17, 15) is 8.42 Å². The molecular formula is C22H52NO3SSi+.